The molecule has 4 N–H and O–H groups in total. The molecule has 1 fully saturated rings. The van der Waals surface area contributed by atoms with Gasteiger partial charge in [-0.1, -0.05) is 128 Å². The molecule has 1 saturated heterocycles. The van der Waals surface area contributed by atoms with Gasteiger partial charge in [0.15, 0.2) is 6.29 Å². The SMILES string of the molecule is CCCC/C=C\CCCCCCCC(=O)OC(COCCCCCCCC/C=C\CCCCCCCC)COC1OC(CO)C(O)C(OS(=O)(=O)O)C1O. The van der Waals surface area contributed by atoms with Gasteiger partial charge in [-0.15, -0.1) is 0 Å². The van der Waals surface area contributed by atoms with Crippen LogP contribution in [0, 0.1) is 0 Å². The zero-order valence-corrected chi connectivity index (χ0v) is 34.4. The van der Waals surface area contributed by atoms with Gasteiger partial charge < -0.3 is 34.3 Å². The highest BCUT2D eigenvalue weighted by Crippen LogP contribution is 2.26. The van der Waals surface area contributed by atoms with Crippen molar-refractivity contribution in [1.82, 2.24) is 0 Å². The predicted octanol–water partition coefficient (Wildman–Crippen LogP) is 8.07. The Morgan fingerprint density at radius 1 is 0.685 bits per heavy atom. The van der Waals surface area contributed by atoms with Gasteiger partial charge in [-0.25, -0.2) is 4.18 Å². The third kappa shape index (κ3) is 27.2. The van der Waals surface area contributed by atoms with Crippen LogP contribution >= 0.6 is 0 Å². The zero-order valence-electron chi connectivity index (χ0n) is 33.5. The highest BCUT2D eigenvalue weighted by atomic mass is 32.3. The van der Waals surface area contributed by atoms with Crippen molar-refractivity contribution in [2.24, 2.45) is 0 Å². The molecule has 0 aromatic rings. The third-order valence-corrected chi connectivity index (χ3v) is 10.0. The molecule has 6 atom stereocenters. The van der Waals surface area contributed by atoms with E-state index in [1.54, 1.807) is 0 Å². The minimum atomic E-state index is -5.06. The van der Waals surface area contributed by atoms with E-state index in [0.717, 1.165) is 64.2 Å². The maximum Gasteiger partial charge on any atom is 0.397 e. The number of ether oxygens (including phenoxy) is 4. The van der Waals surface area contributed by atoms with Crippen molar-refractivity contribution in [3.8, 4) is 0 Å². The number of aliphatic hydroxyl groups excluding tert-OH is 3. The number of hydrogen-bond acceptors (Lipinski definition) is 11. The van der Waals surface area contributed by atoms with Gasteiger partial charge in [0.2, 0.25) is 0 Å². The van der Waals surface area contributed by atoms with Crippen molar-refractivity contribution in [1.29, 1.82) is 0 Å². The number of rotatable bonds is 36. The second kappa shape index (κ2) is 33.7. The highest BCUT2D eigenvalue weighted by molar-refractivity contribution is 7.80. The van der Waals surface area contributed by atoms with Gasteiger partial charge in [-0.2, -0.15) is 8.42 Å². The molecule has 54 heavy (non-hydrogen) atoms. The molecule has 0 amide bonds. The molecule has 13 heteroatoms. The molecule has 1 rings (SSSR count). The van der Waals surface area contributed by atoms with E-state index in [2.05, 4.69) is 42.3 Å². The summed E-state index contributed by atoms with van der Waals surface area (Å²) in [4.78, 5) is 12.8. The second-order valence-corrected chi connectivity index (χ2v) is 15.6. The lowest BCUT2D eigenvalue weighted by molar-refractivity contribution is -0.301. The maximum atomic E-state index is 12.8. The number of unbranched alkanes of at least 4 members (excludes halogenated alkanes) is 19. The van der Waals surface area contributed by atoms with Crippen LogP contribution in [0.4, 0.5) is 0 Å². The van der Waals surface area contributed by atoms with Crippen LogP contribution in [-0.4, -0.2) is 97.5 Å². The lowest BCUT2D eigenvalue weighted by Gasteiger charge is -2.41. The molecule has 1 aliphatic heterocycles. The van der Waals surface area contributed by atoms with Gasteiger partial charge >= 0.3 is 16.4 Å². The topological polar surface area (TPSA) is 178 Å². The molecule has 1 heterocycles. The molecule has 0 spiro atoms. The summed E-state index contributed by atoms with van der Waals surface area (Å²) in [5, 5.41) is 30.6. The van der Waals surface area contributed by atoms with Crippen LogP contribution < -0.4 is 0 Å². The van der Waals surface area contributed by atoms with Crippen LogP contribution in [0.3, 0.4) is 0 Å². The van der Waals surface area contributed by atoms with Crippen LogP contribution in [0.5, 0.6) is 0 Å². The lowest BCUT2D eigenvalue weighted by Crippen LogP contribution is -2.60. The van der Waals surface area contributed by atoms with Crippen molar-refractivity contribution in [2.45, 2.75) is 205 Å². The van der Waals surface area contributed by atoms with Crippen molar-refractivity contribution in [2.75, 3.05) is 26.4 Å². The smallest absolute Gasteiger partial charge is 0.397 e. The van der Waals surface area contributed by atoms with Gasteiger partial charge in [0.25, 0.3) is 0 Å². The molecular weight excluding hydrogens is 717 g/mol. The Bertz CT molecular complexity index is 1050. The van der Waals surface area contributed by atoms with E-state index in [1.165, 1.54) is 77.0 Å². The van der Waals surface area contributed by atoms with Crippen molar-refractivity contribution in [3.63, 3.8) is 0 Å². The van der Waals surface area contributed by atoms with Crippen LogP contribution in [0.1, 0.15) is 168 Å². The van der Waals surface area contributed by atoms with Crippen LogP contribution in [0.25, 0.3) is 0 Å². The number of carbonyl (C=O) groups is 1. The first kappa shape index (κ1) is 50.6. The van der Waals surface area contributed by atoms with Crippen LogP contribution in [0.2, 0.25) is 0 Å². The summed E-state index contributed by atoms with van der Waals surface area (Å²) in [5.41, 5.74) is 0. The monoisotopic (exact) mass is 793 g/mol. The van der Waals surface area contributed by atoms with E-state index < -0.39 is 59.8 Å². The van der Waals surface area contributed by atoms with E-state index in [1.807, 2.05) is 0 Å². The van der Waals surface area contributed by atoms with Crippen LogP contribution in [0.15, 0.2) is 24.3 Å². The molecule has 0 radical (unpaired) electrons. The molecule has 318 valence electrons. The van der Waals surface area contributed by atoms with E-state index in [-0.39, 0.29) is 19.6 Å². The quantitative estimate of drug-likeness (QED) is 0.0208. The third-order valence-electron chi connectivity index (χ3n) is 9.55. The van der Waals surface area contributed by atoms with Gasteiger partial charge in [-0.05, 0) is 57.8 Å². The summed E-state index contributed by atoms with van der Waals surface area (Å²) in [6.45, 7) is 3.91. The van der Waals surface area contributed by atoms with Gasteiger partial charge in [0.1, 0.15) is 30.5 Å². The molecule has 1 aliphatic rings. The summed E-state index contributed by atoms with van der Waals surface area (Å²) in [6.07, 6.45) is 26.5. The zero-order chi connectivity index (χ0) is 39.7. The molecule has 0 aromatic heterocycles. The fourth-order valence-electron chi connectivity index (χ4n) is 6.29. The number of hydrogen-bond donors (Lipinski definition) is 4. The number of allylic oxidation sites excluding steroid dienone is 4. The fourth-order valence-corrected chi connectivity index (χ4v) is 6.80. The van der Waals surface area contributed by atoms with E-state index in [0.29, 0.717) is 13.0 Å². The number of carbonyl (C=O) groups excluding carboxylic acids is 1. The van der Waals surface area contributed by atoms with Gasteiger partial charge in [0.05, 0.1) is 19.8 Å². The van der Waals surface area contributed by atoms with Crippen molar-refractivity contribution >= 4 is 16.4 Å². The molecule has 0 aliphatic carbocycles. The standard InChI is InChI=1S/C41H76O12S/c1-3-5-7-9-11-13-15-16-17-18-19-21-23-25-27-29-31-49-33-35(51-37(43)30-28-26-24-22-20-14-12-10-8-6-4-2)34-50-41-39(45)40(53-54(46,47)48)38(44)36(32-42)52-41/h10,12,16-17,35-36,38-42,44-45H,3-9,11,13-15,18-34H2,1-2H3,(H,46,47,48)/b12-10-,17-16-. The maximum absolute atomic E-state index is 12.8. The Morgan fingerprint density at radius 2 is 1.19 bits per heavy atom. The van der Waals surface area contributed by atoms with E-state index >= 15 is 0 Å². The number of esters is 1. The molecule has 0 bridgehead atoms. The normalized spacial score (nSPS) is 21.3. The van der Waals surface area contributed by atoms with Crippen molar-refractivity contribution < 1.29 is 56.2 Å². The minimum absolute atomic E-state index is 0.0302. The molecule has 6 unspecified atom stereocenters. The van der Waals surface area contributed by atoms with Gasteiger partial charge in [-0.3, -0.25) is 9.35 Å². The van der Waals surface area contributed by atoms with Crippen LogP contribution in [-0.2, 0) is 38.3 Å². The predicted molar refractivity (Wildman–Crippen MR) is 211 cm³/mol. The summed E-state index contributed by atoms with van der Waals surface area (Å²) >= 11 is 0. The van der Waals surface area contributed by atoms with E-state index in [9.17, 15) is 28.5 Å². The molecule has 0 saturated carbocycles. The largest absolute Gasteiger partial charge is 0.457 e. The average Bonchev–Trinajstić information content (AvgIpc) is 3.14. The molecule has 0 aromatic carbocycles. The Morgan fingerprint density at radius 3 is 1.72 bits per heavy atom. The van der Waals surface area contributed by atoms with Gasteiger partial charge in [0, 0.05) is 13.0 Å². The lowest BCUT2D eigenvalue weighted by atomic mass is 9.99. The van der Waals surface area contributed by atoms with E-state index in [4.69, 9.17) is 23.5 Å². The Balaban J connectivity index is 2.46. The summed E-state index contributed by atoms with van der Waals surface area (Å²) < 4.78 is 58.9. The Hall–Kier alpha value is -1.42. The summed E-state index contributed by atoms with van der Waals surface area (Å²) in [6, 6.07) is 0. The average molecular weight is 793 g/mol. The Labute approximate surface area is 327 Å². The first-order chi connectivity index (χ1) is 26.1. The number of aliphatic hydroxyl groups is 3. The summed E-state index contributed by atoms with van der Waals surface area (Å²) in [5.74, 6) is -0.412. The first-order valence-corrected chi connectivity index (χ1v) is 22.5. The Kier molecular flexibility index (Phi) is 31.6. The second-order valence-electron chi connectivity index (χ2n) is 14.6. The minimum Gasteiger partial charge on any atom is -0.457 e. The summed E-state index contributed by atoms with van der Waals surface area (Å²) in [7, 11) is -5.06. The fraction of sp³-hybridized carbons (Fsp3) is 0.878. The highest BCUT2D eigenvalue weighted by Gasteiger charge is 2.48. The molecular formula is C41H76O12S. The first-order valence-electron chi connectivity index (χ1n) is 21.1. The molecule has 12 nitrogen and oxygen atoms in total. The van der Waals surface area contributed by atoms with Crippen molar-refractivity contribution in [3.05, 3.63) is 24.3 Å².